The van der Waals surface area contributed by atoms with Gasteiger partial charge in [0.05, 0.1) is 10.4 Å². The van der Waals surface area contributed by atoms with Crippen molar-refractivity contribution in [3.63, 3.8) is 0 Å². The molecule has 0 unspecified atom stereocenters. The molecule has 0 aliphatic heterocycles. The molecule has 0 saturated heterocycles. The first kappa shape index (κ1) is 15.2. The van der Waals surface area contributed by atoms with Crippen LogP contribution in [0.5, 0.6) is 0 Å². The molecule has 0 atom stereocenters. The van der Waals surface area contributed by atoms with E-state index in [0.29, 0.717) is 21.4 Å². The Hall–Kier alpha value is -1.66. The van der Waals surface area contributed by atoms with E-state index in [1.165, 1.54) is 41.9 Å². The molecule has 116 valence electrons. The summed E-state index contributed by atoms with van der Waals surface area (Å²) in [6.45, 7) is 0.799. The lowest BCUT2D eigenvalue weighted by atomic mass is 9.85. The molecule has 1 fully saturated rings. The van der Waals surface area contributed by atoms with Gasteiger partial charge in [-0.25, -0.2) is 0 Å². The fraction of sp³-hybridized carbons (Fsp3) is 0.375. The van der Waals surface area contributed by atoms with Gasteiger partial charge < -0.3 is 10.2 Å². The van der Waals surface area contributed by atoms with Gasteiger partial charge in [-0.15, -0.1) is 22.7 Å². The number of hydrogen-bond donors (Lipinski definition) is 1. The molecule has 2 heterocycles. The Kier molecular flexibility index (Phi) is 4.59. The third kappa shape index (κ3) is 3.23. The summed E-state index contributed by atoms with van der Waals surface area (Å²) in [5, 5.41) is 7.19. The van der Waals surface area contributed by atoms with Gasteiger partial charge in [0.15, 0.2) is 0 Å². The van der Waals surface area contributed by atoms with Crippen molar-refractivity contribution in [2.24, 2.45) is 5.92 Å². The van der Waals surface area contributed by atoms with Crippen LogP contribution in [0.3, 0.4) is 0 Å². The second-order valence-corrected chi connectivity index (χ2v) is 7.44. The number of anilines is 1. The molecule has 0 radical (unpaired) electrons. The Morgan fingerprint density at radius 2 is 2.09 bits per heavy atom. The summed E-state index contributed by atoms with van der Waals surface area (Å²) in [5.74, 6) is 0.458. The first-order valence-electron chi connectivity index (χ1n) is 7.33. The van der Waals surface area contributed by atoms with Crippen LogP contribution in [0.4, 0.5) is 5.00 Å². The maximum atomic E-state index is 12.6. The van der Waals surface area contributed by atoms with E-state index in [9.17, 15) is 9.59 Å². The highest BCUT2D eigenvalue weighted by atomic mass is 32.1. The van der Waals surface area contributed by atoms with E-state index in [0.717, 1.165) is 6.54 Å². The molecule has 0 spiro atoms. The monoisotopic (exact) mass is 334 g/mol. The molecule has 2 aromatic rings. The summed E-state index contributed by atoms with van der Waals surface area (Å²) in [7, 11) is 1.84. The second kappa shape index (κ2) is 6.62. The van der Waals surface area contributed by atoms with Gasteiger partial charge in [0.1, 0.15) is 5.00 Å². The summed E-state index contributed by atoms with van der Waals surface area (Å²) < 4.78 is 0. The molecule has 2 aromatic heterocycles. The van der Waals surface area contributed by atoms with Crippen molar-refractivity contribution in [1.29, 1.82) is 0 Å². The van der Waals surface area contributed by atoms with Crippen LogP contribution < -0.4 is 5.32 Å². The molecular formula is C16H18N2O2S2. The first-order chi connectivity index (χ1) is 10.6. The zero-order valence-electron chi connectivity index (χ0n) is 12.4. The highest BCUT2D eigenvalue weighted by Crippen LogP contribution is 2.29. The van der Waals surface area contributed by atoms with Gasteiger partial charge in [-0.1, -0.05) is 12.5 Å². The Morgan fingerprint density at radius 1 is 1.27 bits per heavy atom. The molecular weight excluding hydrogens is 316 g/mol. The number of thiophene rings is 2. The molecule has 1 saturated carbocycles. The number of hydrogen-bond acceptors (Lipinski definition) is 4. The van der Waals surface area contributed by atoms with Gasteiger partial charge in [-0.2, -0.15) is 0 Å². The fourth-order valence-corrected chi connectivity index (χ4v) is 3.89. The van der Waals surface area contributed by atoms with E-state index in [2.05, 4.69) is 5.32 Å². The van der Waals surface area contributed by atoms with Gasteiger partial charge in [0, 0.05) is 13.6 Å². The van der Waals surface area contributed by atoms with Gasteiger partial charge >= 0.3 is 0 Å². The smallest absolute Gasteiger partial charge is 0.266 e. The van der Waals surface area contributed by atoms with E-state index in [1.54, 1.807) is 17.0 Å². The van der Waals surface area contributed by atoms with Crippen molar-refractivity contribution in [2.75, 3.05) is 18.9 Å². The van der Waals surface area contributed by atoms with Gasteiger partial charge in [0.25, 0.3) is 11.8 Å². The molecule has 4 nitrogen and oxygen atoms in total. The van der Waals surface area contributed by atoms with E-state index in [-0.39, 0.29) is 11.8 Å². The third-order valence-corrected chi connectivity index (χ3v) is 5.67. The summed E-state index contributed by atoms with van der Waals surface area (Å²) in [4.78, 5) is 27.1. The van der Waals surface area contributed by atoms with Gasteiger partial charge in [-0.05, 0) is 41.7 Å². The van der Waals surface area contributed by atoms with Crippen molar-refractivity contribution < 1.29 is 9.59 Å². The van der Waals surface area contributed by atoms with E-state index in [4.69, 9.17) is 0 Å². The summed E-state index contributed by atoms with van der Waals surface area (Å²) in [5.41, 5.74) is 0.580. The average Bonchev–Trinajstić information content (AvgIpc) is 3.12. The Balaban J connectivity index is 1.68. The van der Waals surface area contributed by atoms with E-state index >= 15 is 0 Å². The summed E-state index contributed by atoms with van der Waals surface area (Å²) in [6.07, 6.45) is 3.69. The van der Waals surface area contributed by atoms with Crippen LogP contribution in [-0.2, 0) is 0 Å². The van der Waals surface area contributed by atoms with Crippen LogP contribution in [0.1, 0.15) is 39.3 Å². The maximum absolute atomic E-state index is 12.6. The normalized spacial score (nSPS) is 14.4. The minimum absolute atomic E-state index is 0.0189. The molecule has 0 aromatic carbocycles. The maximum Gasteiger partial charge on any atom is 0.266 e. The number of carbonyl (C=O) groups is 2. The fourth-order valence-electron chi connectivity index (χ4n) is 2.50. The SMILES string of the molecule is CN(CC1CCC1)C(=O)c1ccsc1NC(=O)c1cccs1. The lowest BCUT2D eigenvalue weighted by Crippen LogP contribution is -2.34. The van der Waals surface area contributed by atoms with Gasteiger partial charge in [0.2, 0.25) is 0 Å². The van der Waals surface area contributed by atoms with Gasteiger partial charge in [-0.3, -0.25) is 9.59 Å². The summed E-state index contributed by atoms with van der Waals surface area (Å²) in [6, 6.07) is 5.40. The topological polar surface area (TPSA) is 49.4 Å². The predicted molar refractivity (Wildman–Crippen MR) is 90.9 cm³/mol. The van der Waals surface area contributed by atoms with Crippen LogP contribution >= 0.6 is 22.7 Å². The minimum Gasteiger partial charge on any atom is -0.341 e. The zero-order valence-corrected chi connectivity index (χ0v) is 14.0. The molecule has 0 bridgehead atoms. The summed E-state index contributed by atoms with van der Waals surface area (Å²) >= 11 is 2.77. The molecule has 6 heteroatoms. The van der Waals surface area contributed by atoms with Crippen molar-refractivity contribution in [3.05, 3.63) is 39.4 Å². The van der Waals surface area contributed by atoms with Crippen LogP contribution in [-0.4, -0.2) is 30.3 Å². The largest absolute Gasteiger partial charge is 0.341 e. The molecule has 1 N–H and O–H groups in total. The standard InChI is InChI=1S/C16H18N2O2S2/c1-18(10-11-4-2-5-11)16(20)12-7-9-22-15(12)17-14(19)13-6-3-8-21-13/h3,6-9,11H,2,4-5,10H2,1H3,(H,17,19). The number of rotatable bonds is 5. The average molecular weight is 334 g/mol. The highest BCUT2D eigenvalue weighted by Gasteiger charge is 2.24. The lowest BCUT2D eigenvalue weighted by molar-refractivity contribution is 0.0746. The Bertz CT molecular complexity index is 660. The number of nitrogens with zero attached hydrogens (tertiary/aromatic N) is 1. The predicted octanol–water partition coefficient (Wildman–Crippen LogP) is 3.93. The van der Waals surface area contributed by atoms with Crippen molar-refractivity contribution in [1.82, 2.24) is 4.90 Å². The molecule has 1 aliphatic rings. The Labute approximate surface area is 137 Å². The molecule has 3 rings (SSSR count). The number of amides is 2. The number of carbonyl (C=O) groups excluding carboxylic acids is 2. The van der Waals surface area contributed by atoms with E-state index in [1.807, 2.05) is 23.9 Å². The van der Waals surface area contributed by atoms with Crippen molar-refractivity contribution >= 4 is 39.5 Å². The van der Waals surface area contributed by atoms with Crippen LogP contribution in [0.2, 0.25) is 0 Å². The third-order valence-electron chi connectivity index (χ3n) is 3.97. The molecule has 1 aliphatic carbocycles. The first-order valence-corrected chi connectivity index (χ1v) is 9.09. The second-order valence-electron chi connectivity index (χ2n) is 5.58. The van der Waals surface area contributed by atoms with Crippen LogP contribution in [0.15, 0.2) is 29.0 Å². The molecule has 2 amide bonds. The van der Waals surface area contributed by atoms with Crippen molar-refractivity contribution in [2.45, 2.75) is 19.3 Å². The van der Waals surface area contributed by atoms with E-state index < -0.39 is 0 Å². The minimum atomic E-state index is -0.159. The quantitative estimate of drug-likeness (QED) is 0.900. The highest BCUT2D eigenvalue weighted by molar-refractivity contribution is 7.15. The Morgan fingerprint density at radius 3 is 2.73 bits per heavy atom. The van der Waals surface area contributed by atoms with Crippen molar-refractivity contribution in [3.8, 4) is 0 Å². The van der Waals surface area contributed by atoms with Crippen LogP contribution in [0.25, 0.3) is 0 Å². The van der Waals surface area contributed by atoms with Crippen LogP contribution in [0, 0.1) is 5.92 Å². The number of nitrogens with one attached hydrogen (secondary N) is 1. The zero-order chi connectivity index (χ0) is 15.5. The molecule has 22 heavy (non-hydrogen) atoms. The lowest BCUT2D eigenvalue weighted by Gasteiger charge is -2.30.